The maximum absolute atomic E-state index is 13.6. The third-order valence-corrected chi connectivity index (χ3v) is 6.27. The van der Waals surface area contributed by atoms with E-state index in [1.54, 1.807) is 17.5 Å². The summed E-state index contributed by atoms with van der Waals surface area (Å²) in [6, 6.07) is 2.20. The van der Waals surface area contributed by atoms with E-state index in [0.29, 0.717) is 24.7 Å². The lowest BCUT2D eigenvalue weighted by molar-refractivity contribution is 0.158. The van der Waals surface area contributed by atoms with E-state index in [2.05, 4.69) is 20.5 Å². The van der Waals surface area contributed by atoms with Gasteiger partial charge in [0.2, 0.25) is 0 Å². The van der Waals surface area contributed by atoms with Gasteiger partial charge in [-0.2, -0.15) is 0 Å². The van der Waals surface area contributed by atoms with Gasteiger partial charge in [0, 0.05) is 43.8 Å². The van der Waals surface area contributed by atoms with Gasteiger partial charge in [-0.15, -0.1) is 11.3 Å². The molecule has 180 valence electrons. The Hall–Kier alpha value is -2.79. The number of benzene rings is 1. The molecule has 11 heteroatoms. The molecule has 1 unspecified atom stereocenters. The van der Waals surface area contributed by atoms with Crippen molar-refractivity contribution in [1.29, 1.82) is 0 Å². The van der Waals surface area contributed by atoms with Gasteiger partial charge in [0.1, 0.15) is 12.6 Å². The van der Waals surface area contributed by atoms with E-state index in [1.807, 2.05) is 19.2 Å². The summed E-state index contributed by atoms with van der Waals surface area (Å²) in [6.45, 7) is 6.61. The Labute approximate surface area is 195 Å². The summed E-state index contributed by atoms with van der Waals surface area (Å²) >= 11 is 1.63. The summed E-state index contributed by atoms with van der Waals surface area (Å²) < 4.78 is 31.7. The lowest BCUT2D eigenvalue weighted by Gasteiger charge is -2.32. The molecular weight excluding hydrogens is 452 g/mol. The summed E-state index contributed by atoms with van der Waals surface area (Å²) in [6.07, 6.45) is 2.95. The number of thiazole rings is 1. The SMILES string of the molecule is CC.O=C(NCCNC1CCN(c2nccs2)CC1)N1C(=O)OCC1c1ccc(F)c(F)c1. The number of piperidine rings is 1. The molecular formula is C22H29F2N5O3S. The van der Waals surface area contributed by atoms with Crippen LogP contribution in [0.5, 0.6) is 0 Å². The monoisotopic (exact) mass is 481 g/mol. The Morgan fingerprint density at radius 1 is 1.21 bits per heavy atom. The van der Waals surface area contributed by atoms with E-state index in [-0.39, 0.29) is 6.61 Å². The molecule has 1 atom stereocenters. The van der Waals surface area contributed by atoms with Crippen molar-refractivity contribution in [2.24, 2.45) is 0 Å². The quantitative estimate of drug-likeness (QED) is 0.609. The Kier molecular flexibility index (Phi) is 8.95. The van der Waals surface area contributed by atoms with Gasteiger partial charge in [0.25, 0.3) is 0 Å². The van der Waals surface area contributed by atoms with Gasteiger partial charge in [0.15, 0.2) is 16.8 Å². The fraction of sp³-hybridized carbons (Fsp3) is 0.500. The molecule has 3 amide bonds. The molecule has 8 nitrogen and oxygen atoms in total. The number of hydrogen-bond acceptors (Lipinski definition) is 7. The molecule has 2 N–H and O–H groups in total. The van der Waals surface area contributed by atoms with Gasteiger partial charge in [-0.1, -0.05) is 19.9 Å². The summed E-state index contributed by atoms with van der Waals surface area (Å²) in [7, 11) is 0. The standard InChI is InChI=1S/C20H23F2N5O3S.C2H6/c21-15-2-1-13(11-16(15)22)17-12-30-20(29)27(17)18(28)24-6-5-23-14-3-8-26(9-4-14)19-25-7-10-31-19;1-2/h1-2,7,10-11,14,17,23H,3-6,8-9,12H2,(H,24,28);1-2H3. The van der Waals surface area contributed by atoms with Crippen LogP contribution in [0.4, 0.5) is 23.5 Å². The number of carbonyl (C=O) groups is 2. The first-order valence-electron chi connectivity index (χ1n) is 11.1. The van der Waals surface area contributed by atoms with E-state index in [4.69, 9.17) is 4.74 Å². The zero-order chi connectivity index (χ0) is 23.8. The van der Waals surface area contributed by atoms with Crippen molar-refractivity contribution in [2.45, 2.75) is 38.8 Å². The van der Waals surface area contributed by atoms with Gasteiger partial charge in [-0.25, -0.2) is 28.3 Å². The molecule has 3 heterocycles. The molecule has 2 saturated heterocycles. The minimum Gasteiger partial charge on any atom is -0.446 e. The molecule has 4 rings (SSSR count). The molecule has 0 saturated carbocycles. The number of halogens is 2. The number of ether oxygens (including phenoxy) is 1. The molecule has 0 spiro atoms. The zero-order valence-electron chi connectivity index (χ0n) is 18.7. The molecule has 33 heavy (non-hydrogen) atoms. The van der Waals surface area contributed by atoms with Gasteiger partial charge in [-0.3, -0.25) is 0 Å². The number of nitrogens with zero attached hydrogens (tertiary/aromatic N) is 3. The number of rotatable bonds is 6. The van der Waals surface area contributed by atoms with Crippen LogP contribution in [-0.4, -0.2) is 60.8 Å². The Morgan fingerprint density at radius 3 is 2.64 bits per heavy atom. The molecule has 2 aromatic rings. The highest BCUT2D eigenvalue weighted by Crippen LogP contribution is 2.28. The molecule has 1 aromatic carbocycles. The van der Waals surface area contributed by atoms with Crippen LogP contribution >= 0.6 is 11.3 Å². The maximum atomic E-state index is 13.6. The third-order valence-electron chi connectivity index (χ3n) is 5.44. The number of aromatic nitrogens is 1. The fourth-order valence-corrected chi connectivity index (χ4v) is 4.49. The number of imide groups is 1. The summed E-state index contributed by atoms with van der Waals surface area (Å²) in [5, 5.41) is 9.11. The average molecular weight is 482 g/mol. The van der Waals surface area contributed by atoms with E-state index in [0.717, 1.165) is 48.1 Å². The highest BCUT2D eigenvalue weighted by atomic mass is 32.1. The summed E-state index contributed by atoms with van der Waals surface area (Å²) in [5.74, 6) is -2.03. The molecule has 0 aliphatic carbocycles. The van der Waals surface area contributed by atoms with Crippen LogP contribution < -0.4 is 15.5 Å². The smallest absolute Gasteiger partial charge is 0.418 e. The second kappa shape index (κ2) is 11.9. The maximum Gasteiger partial charge on any atom is 0.418 e. The number of nitrogens with one attached hydrogen (secondary N) is 2. The number of hydrogen-bond donors (Lipinski definition) is 2. The predicted octanol–water partition coefficient (Wildman–Crippen LogP) is 3.91. The topological polar surface area (TPSA) is 86.8 Å². The molecule has 2 fully saturated rings. The number of cyclic esters (lactones) is 1. The van der Waals surface area contributed by atoms with Crippen molar-refractivity contribution in [2.75, 3.05) is 37.7 Å². The van der Waals surface area contributed by atoms with Crippen LogP contribution in [0.15, 0.2) is 29.8 Å². The highest BCUT2D eigenvalue weighted by molar-refractivity contribution is 7.13. The third kappa shape index (κ3) is 6.17. The van der Waals surface area contributed by atoms with Gasteiger partial charge in [-0.05, 0) is 30.5 Å². The molecule has 2 aliphatic heterocycles. The largest absolute Gasteiger partial charge is 0.446 e. The van der Waals surface area contributed by atoms with E-state index >= 15 is 0 Å². The van der Waals surface area contributed by atoms with Gasteiger partial charge < -0.3 is 20.3 Å². The van der Waals surface area contributed by atoms with Crippen LogP contribution in [0, 0.1) is 11.6 Å². The van der Waals surface area contributed by atoms with Crippen LogP contribution in [0.1, 0.15) is 38.3 Å². The normalized spacial score (nSPS) is 18.5. The van der Waals surface area contributed by atoms with Crippen molar-refractivity contribution >= 4 is 28.6 Å². The van der Waals surface area contributed by atoms with E-state index < -0.39 is 29.8 Å². The van der Waals surface area contributed by atoms with Crippen molar-refractivity contribution in [3.63, 3.8) is 0 Å². The Morgan fingerprint density at radius 2 is 1.97 bits per heavy atom. The van der Waals surface area contributed by atoms with Crippen LogP contribution in [0.2, 0.25) is 0 Å². The van der Waals surface area contributed by atoms with Gasteiger partial charge in [0.05, 0.1) is 0 Å². The van der Waals surface area contributed by atoms with Crippen molar-refractivity contribution in [1.82, 2.24) is 20.5 Å². The summed E-state index contributed by atoms with van der Waals surface area (Å²) in [4.78, 5) is 32.0. The van der Waals surface area contributed by atoms with Crippen LogP contribution in [0.3, 0.4) is 0 Å². The van der Waals surface area contributed by atoms with E-state index in [9.17, 15) is 18.4 Å². The summed E-state index contributed by atoms with van der Waals surface area (Å²) in [5.41, 5.74) is 0.296. The first kappa shape index (κ1) is 24.8. The average Bonchev–Trinajstić information content (AvgIpc) is 3.50. The van der Waals surface area contributed by atoms with Crippen molar-refractivity contribution in [3.05, 3.63) is 47.0 Å². The molecule has 1 aromatic heterocycles. The molecule has 0 bridgehead atoms. The first-order chi connectivity index (χ1) is 16.0. The lowest BCUT2D eigenvalue weighted by Crippen LogP contribution is -2.47. The van der Waals surface area contributed by atoms with Crippen LogP contribution in [0.25, 0.3) is 0 Å². The van der Waals surface area contributed by atoms with Crippen molar-refractivity contribution < 1.29 is 23.1 Å². The van der Waals surface area contributed by atoms with E-state index in [1.165, 1.54) is 6.07 Å². The second-order valence-corrected chi connectivity index (χ2v) is 8.27. The highest BCUT2D eigenvalue weighted by Gasteiger charge is 2.39. The first-order valence-corrected chi connectivity index (χ1v) is 12.0. The number of anilines is 1. The Bertz CT molecular complexity index is 923. The molecule has 0 radical (unpaired) electrons. The van der Waals surface area contributed by atoms with Crippen LogP contribution in [-0.2, 0) is 4.74 Å². The number of carbonyl (C=O) groups excluding carboxylic acids is 2. The minimum atomic E-state index is -1.04. The number of amides is 3. The Balaban J connectivity index is 0.00000149. The molecule has 2 aliphatic rings. The second-order valence-electron chi connectivity index (χ2n) is 7.40. The minimum absolute atomic E-state index is 0.104. The van der Waals surface area contributed by atoms with Gasteiger partial charge >= 0.3 is 12.1 Å². The predicted molar refractivity (Wildman–Crippen MR) is 122 cm³/mol. The zero-order valence-corrected chi connectivity index (χ0v) is 19.5. The number of urea groups is 1. The lowest BCUT2D eigenvalue weighted by atomic mass is 10.1. The van der Waals surface area contributed by atoms with Crippen molar-refractivity contribution in [3.8, 4) is 0 Å². The fourth-order valence-electron chi connectivity index (χ4n) is 3.79.